The van der Waals surface area contributed by atoms with E-state index >= 15 is 0 Å². The average Bonchev–Trinajstić information content (AvgIpc) is 2.56. The molecule has 2 rings (SSSR count). The Morgan fingerprint density at radius 2 is 1.88 bits per heavy atom. The second-order valence-electron chi connectivity index (χ2n) is 6.36. The van der Waals surface area contributed by atoms with Crippen molar-refractivity contribution >= 4 is 35.6 Å². The lowest BCUT2D eigenvalue weighted by Crippen LogP contribution is -2.47. The maximum absolute atomic E-state index is 6.05. The number of halogens is 1. The van der Waals surface area contributed by atoms with Gasteiger partial charge in [-0.3, -0.25) is 9.89 Å². The molecule has 0 bridgehead atoms. The number of anilines is 1. The van der Waals surface area contributed by atoms with Crippen molar-refractivity contribution in [2.45, 2.75) is 33.2 Å². The number of guanidine groups is 1. The smallest absolute Gasteiger partial charge is 0.193 e. The van der Waals surface area contributed by atoms with E-state index in [1.54, 1.807) is 0 Å². The highest BCUT2D eigenvalue weighted by Gasteiger charge is 2.23. The van der Waals surface area contributed by atoms with Gasteiger partial charge in [-0.1, -0.05) is 32.9 Å². The zero-order chi connectivity index (χ0) is 16.7. The molecule has 5 nitrogen and oxygen atoms in total. The van der Waals surface area contributed by atoms with Gasteiger partial charge in [-0.15, -0.1) is 24.0 Å². The first-order valence-corrected chi connectivity index (χ1v) is 8.57. The number of ether oxygens (including phenoxy) is 1. The van der Waals surface area contributed by atoms with Crippen LogP contribution in [0.2, 0.25) is 0 Å². The Bertz CT molecular complexity index is 498. The zero-order valence-electron chi connectivity index (χ0n) is 15.0. The van der Waals surface area contributed by atoms with Crippen LogP contribution in [0.15, 0.2) is 29.3 Å². The Morgan fingerprint density at radius 3 is 2.42 bits per heavy atom. The van der Waals surface area contributed by atoms with E-state index in [2.05, 4.69) is 48.1 Å². The van der Waals surface area contributed by atoms with Crippen LogP contribution in [0.4, 0.5) is 5.69 Å². The fraction of sp³-hybridized carbons (Fsp3) is 0.611. The molecule has 24 heavy (non-hydrogen) atoms. The minimum Gasteiger partial charge on any atom is -0.379 e. The maximum atomic E-state index is 6.05. The lowest BCUT2D eigenvalue weighted by Gasteiger charge is -2.36. The second-order valence-corrected chi connectivity index (χ2v) is 6.36. The van der Waals surface area contributed by atoms with Crippen molar-refractivity contribution in [1.82, 2.24) is 4.90 Å². The normalized spacial score (nSPS) is 17.4. The Kier molecular flexibility index (Phi) is 9.61. The van der Waals surface area contributed by atoms with Crippen LogP contribution < -0.4 is 11.1 Å². The van der Waals surface area contributed by atoms with Gasteiger partial charge in [0.25, 0.3) is 0 Å². The van der Waals surface area contributed by atoms with Crippen LogP contribution in [0.5, 0.6) is 0 Å². The van der Waals surface area contributed by atoms with Gasteiger partial charge in [0.05, 0.1) is 19.8 Å². The molecule has 1 aliphatic heterocycles. The topological polar surface area (TPSA) is 62.9 Å². The van der Waals surface area contributed by atoms with Crippen LogP contribution in [-0.2, 0) is 11.2 Å². The quantitative estimate of drug-likeness (QED) is 0.401. The molecule has 0 saturated carbocycles. The molecule has 6 heteroatoms. The van der Waals surface area contributed by atoms with E-state index in [9.17, 15) is 0 Å². The van der Waals surface area contributed by atoms with Gasteiger partial charge >= 0.3 is 0 Å². The zero-order valence-corrected chi connectivity index (χ0v) is 17.3. The Balaban J connectivity index is 0.00000288. The van der Waals surface area contributed by atoms with E-state index in [-0.39, 0.29) is 24.0 Å². The monoisotopic (exact) mass is 446 g/mol. The van der Waals surface area contributed by atoms with Gasteiger partial charge in [0, 0.05) is 24.8 Å². The fourth-order valence-corrected chi connectivity index (χ4v) is 2.86. The van der Waals surface area contributed by atoms with E-state index in [0.717, 1.165) is 38.4 Å². The molecule has 0 aromatic heterocycles. The van der Waals surface area contributed by atoms with Crippen molar-refractivity contribution in [2.75, 3.05) is 38.2 Å². The number of nitrogens with zero attached hydrogens (tertiary/aromatic N) is 2. The molecule has 1 atom stereocenters. The van der Waals surface area contributed by atoms with Crippen molar-refractivity contribution < 1.29 is 4.74 Å². The summed E-state index contributed by atoms with van der Waals surface area (Å²) >= 11 is 0. The van der Waals surface area contributed by atoms with Crippen LogP contribution in [0.25, 0.3) is 0 Å². The molecule has 0 radical (unpaired) electrons. The lowest BCUT2D eigenvalue weighted by molar-refractivity contribution is 0.00870. The second kappa shape index (κ2) is 10.9. The highest BCUT2D eigenvalue weighted by Crippen LogP contribution is 2.14. The van der Waals surface area contributed by atoms with Gasteiger partial charge in [-0.05, 0) is 30.0 Å². The summed E-state index contributed by atoms with van der Waals surface area (Å²) in [6.45, 7) is 10.9. The molecule has 0 amide bonds. The molecule has 1 fully saturated rings. The van der Waals surface area contributed by atoms with Crippen molar-refractivity contribution in [3.05, 3.63) is 29.8 Å². The number of nitrogens with one attached hydrogen (secondary N) is 1. The summed E-state index contributed by atoms with van der Waals surface area (Å²) in [5, 5.41) is 3.17. The summed E-state index contributed by atoms with van der Waals surface area (Å²) in [6.07, 6.45) is 1.04. The molecular weight excluding hydrogens is 415 g/mol. The predicted octanol–water partition coefficient (Wildman–Crippen LogP) is 2.95. The number of rotatable bonds is 6. The molecule has 136 valence electrons. The lowest BCUT2D eigenvalue weighted by atomic mass is 10.0. The minimum absolute atomic E-state index is 0. The first kappa shape index (κ1) is 21.2. The summed E-state index contributed by atoms with van der Waals surface area (Å²) in [7, 11) is 0. The van der Waals surface area contributed by atoms with Gasteiger partial charge in [-0.25, -0.2) is 0 Å². The highest BCUT2D eigenvalue weighted by atomic mass is 127. The Morgan fingerprint density at radius 1 is 1.25 bits per heavy atom. The van der Waals surface area contributed by atoms with Gasteiger partial charge in [0.1, 0.15) is 0 Å². The Hall–Kier alpha value is -0.860. The number of benzene rings is 1. The average molecular weight is 446 g/mol. The van der Waals surface area contributed by atoms with Crippen LogP contribution in [-0.4, -0.2) is 49.7 Å². The van der Waals surface area contributed by atoms with Gasteiger partial charge in [0.2, 0.25) is 0 Å². The first-order valence-electron chi connectivity index (χ1n) is 8.57. The van der Waals surface area contributed by atoms with Crippen LogP contribution in [0.3, 0.4) is 0 Å². The first-order chi connectivity index (χ1) is 11.1. The van der Waals surface area contributed by atoms with E-state index < -0.39 is 0 Å². The number of hydrogen-bond donors (Lipinski definition) is 2. The van der Waals surface area contributed by atoms with Crippen molar-refractivity contribution in [3.8, 4) is 0 Å². The standard InChI is InChI=1S/C18H30N4O.HI/c1-4-15-5-7-16(8-6-15)21-18(19)20-13-17(14(2)3)22-9-11-23-12-10-22;/h5-8,14,17H,4,9-13H2,1-3H3,(H3,19,20,21);1H. The molecule has 1 aromatic carbocycles. The van der Waals surface area contributed by atoms with Crippen molar-refractivity contribution in [3.63, 3.8) is 0 Å². The molecule has 1 unspecified atom stereocenters. The molecule has 0 spiro atoms. The van der Waals surface area contributed by atoms with Gasteiger partial charge in [0.15, 0.2) is 5.96 Å². The SMILES string of the molecule is CCc1ccc(NC(N)=NCC(C(C)C)N2CCOCC2)cc1.I. The largest absolute Gasteiger partial charge is 0.379 e. The predicted molar refractivity (Wildman–Crippen MR) is 112 cm³/mol. The molecular formula is C18H31IN4O. The van der Waals surface area contributed by atoms with E-state index in [0.29, 0.717) is 24.5 Å². The van der Waals surface area contributed by atoms with E-state index in [4.69, 9.17) is 10.5 Å². The summed E-state index contributed by atoms with van der Waals surface area (Å²) in [5.41, 5.74) is 8.35. The molecule has 1 heterocycles. The molecule has 1 aliphatic rings. The van der Waals surface area contributed by atoms with E-state index in [1.807, 2.05) is 12.1 Å². The Labute approximate surface area is 163 Å². The fourth-order valence-electron chi connectivity index (χ4n) is 2.86. The van der Waals surface area contributed by atoms with Crippen LogP contribution >= 0.6 is 24.0 Å². The molecule has 0 aliphatic carbocycles. The van der Waals surface area contributed by atoms with Crippen molar-refractivity contribution in [2.24, 2.45) is 16.6 Å². The summed E-state index contributed by atoms with van der Waals surface area (Å²) in [6, 6.07) is 8.72. The number of aliphatic imine (C=N–C) groups is 1. The van der Waals surface area contributed by atoms with Crippen molar-refractivity contribution in [1.29, 1.82) is 0 Å². The molecule has 1 saturated heterocycles. The molecule has 3 N–H and O–H groups in total. The van der Waals surface area contributed by atoms with Crippen LogP contribution in [0.1, 0.15) is 26.3 Å². The number of nitrogens with two attached hydrogens (primary N) is 1. The summed E-state index contributed by atoms with van der Waals surface area (Å²) in [4.78, 5) is 7.02. The number of hydrogen-bond acceptors (Lipinski definition) is 3. The summed E-state index contributed by atoms with van der Waals surface area (Å²) in [5.74, 6) is 1.02. The number of morpholine rings is 1. The summed E-state index contributed by atoms with van der Waals surface area (Å²) < 4.78 is 5.44. The number of aryl methyl sites for hydroxylation is 1. The van der Waals surface area contributed by atoms with Gasteiger partial charge < -0.3 is 15.8 Å². The minimum atomic E-state index is 0. The molecule has 1 aromatic rings. The third-order valence-corrected chi connectivity index (χ3v) is 4.37. The highest BCUT2D eigenvalue weighted by molar-refractivity contribution is 14.0. The van der Waals surface area contributed by atoms with Gasteiger partial charge in [-0.2, -0.15) is 0 Å². The third kappa shape index (κ3) is 6.57. The van der Waals surface area contributed by atoms with E-state index in [1.165, 1.54) is 5.56 Å². The van der Waals surface area contributed by atoms with Crippen LogP contribution in [0, 0.1) is 5.92 Å². The maximum Gasteiger partial charge on any atom is 0.193 e. The third-order valence-electron chi connectivity index (χ3n) is 4.37.